The topological polar surface area (TPSA) is 61.5 Å². The van der Waals surface area contributed by atoms with Crippen LogP contribution in [-0.2, 0) is 14.3 Å². The van der Waals surface area contributed by atoms with E-state index in [0.717, 1.165) is 18.6 Å². The van der Waals surface area contributed by atoms with E-state index in [2.05, 4.69) is 0 Å². The van der Waals surface area contributed by atoms with Crippen LogP contribution in [0.2, 0.25) is 0 Å². The molecular weight excluding hydrogens is 226 g/mol. The number of nitrogens with two attached hydrogens (primary N) is 1. The van der Waals surface area contributed by atoms with Crippen LogP contribution in [0.5, 0.6) is 0 Å². The molecule has 0 aromatic rings. The number of carbonyl (C=O) groups is 1. The zero-order chi connectivity index (χ0) is 12.0. The van der Waals surface area contributed by atoms with Crippen molar-refractivity contribution in [2.75, 3.05) is 31.8 Å². The lowest BCUT2D eigenvalue weighted by Crippen LogP contribution is -2.53. The number of thioether (sulfide) groups is 1. The van der Waals surface area contributed by atoms with Gasteiger partial charge < -0.3 is 15.2 Å². The summed E-state index contributed by atoms with van der Waals surface area (Å²) in [4.78, 5) is 11.8. The molecule has 0 saturated heterocycles. The first-order chi connectivity index (χ1) is 7.65. The summed E-state index contributed by atoms with van der Waals surface area (Å²) in [6, 6.07) is 0. The van der Waals surface area contributed by atoms with E-state index in [1.54, 1.807) is 18.9 Å². The van der Waals surface area contributed by atoms with E-state index in [1.165, 1.54) is 0 Å². The fourth-order valence-electron chi connectivity index (χ4n) is 1.59. The molecule has 0 aromatic heterocycles. The van der Waals surface area contributed by atoms with Gasteiger partial charge in [-0.05, 0) is 25.7 Å². The Labute approximate surface area is 101 Å². The predicted molar refractivity (Wildman–Crippen MR) is 65.5 cm³/mol. The van der Waals surface area contributed by atoms with Gasteiger partial charge in [-0.15, -0.1) is 0 Å². The highest BCUT2D eigenvalue weighted by molar-refractivity contribution is 7.99. The van der Waals surface area contributed by atoms with Gasteiger partial charge in [-0.25, -0.2) is 0 Å². The predicted octanol–water partition coefficient (Wildman–Crippen LogP) is 1.04. The lowest BCUT2D eigenvalue weighted by Gasteiger charge is -2.26. The normalized spacial score (nSPS) is 19.2. The zero-order valence-electron chi connectivity index (χ0n) is 10.0. The minimum atomic E-state index is -0.783. The van der Waals surface area contributed by atoms with Gasteiger partial charge in [0.05, 0.1) is 13.2 Å². The van der Waals surface area contributed by atoms with Crippen LogP contribution in [0.3, 0.4) is 0 Å². The van der Waals surface area contributed by atoms with Crippen LogP contribution in [0.4, 0.5) is 0 Å². The van der Waals surface area contributed by atoms with E-state index in [1.807, 2.05) is 6.92 Å². The molecule has 5 heteroatoms. The third-order valence-electron chi connectivity index (χ3n) is 2.73. The molecule has 1 rings (SSSR count). The van der Waals surface area contributed by atoms with Crippen LogP contribution in [0.15, 0.2) is 0 Å². The maximum atomic E-state index is 11.8. The Bertz CT molecular complexity index is 233. The number of hydrogen-bond donors (Lipinski definition) is 1. The number of esters is 1. The molecule has 0 heterocycles. The summed E-state index contributed by atoms with van der Waals surface area (Å²) in [5, 5.41) is 0. The lowest BCUT2D eigenvalue weighted by atomic mass is 9.97. The van der Waals surface area contributed by atoms with Gasteiger partial charge >= 0.3 is 5.97 Å². The first-order valence-electron chi connectivity index (χ1n) is 5.68. The molecule has 1 aliphatic carbocycles. The second-order valence-electron chi connectivity index (χ2n) is 4.08. The highest BCUT2D eigenvalue weighted by Crippen LogP contribution is 2.40. The summed E-state index contributed by atoms with van der Waals surface area (Å²) in [5.41, 5.74) is 5.40. The molecule has 1 unspecified atom stereocenters. The standard InChI is InChI=1S/C11H21NO3S/c1-3-15-10(13)11(12,9-4-5-9)8-16-7-6-14-2/h9H,3-8,12H2,1-2H3. The molecule has 0 aliphatic heterocycles. The van der Waals surface area contributed by atoms with Crippen molar-refractivity contribution in [1.82, 2.24) is 0 Å². The molecule has 0 radical (unpaired) electrons. The van der Waals surface area contributed by atoms with Gasteiger partial charge in [0.2, 0.25) is 0 Å². The van der Waals surface area contributed by atoms with Crippen molar-refractivity contribution in [1.29, 1.82) is 0 Å². The zero-order valence-corrected chi connectivity index (χ0v) is 10.8. The smallest absolute Gasteiger partial charge is 0.327 e. The number of hydrogen-bond acceptors (Lipinski definition) is 5. The van der Waals surface area contributed by atoms with Crippen molar-refractivity contribution in [3.63, 3.8) is 0 Å². The monoisotopic (exact) mass is 247 g/mol. The first-order valence-corrected chi connectivity index (χ1v) is 6.83. The van der Waals surface area contributed by atoms with Crippen LogP contribution < -0.4 is 5.73 Å². The van der Waals surface area contributed by atoms with Gasteiger partial charge in [0.25, 0.3) is 0 Å². The molecule has 0 aromatic carbocycles. The fraction of sp³-hybridized carbons (Fsp3) is 0.909. The van der Waals surface area contributed by atoms with Crippen LogP contribution >= 0.6 is 11.8 Å². The summed E-state index contributed by atoms with van der Waals surface area (Å²) in [7, 11) is 1.67. The first kappa shape index (κ1) is 13.8. The Morgan fingerprint density at radius 1 is 1.56 bits per heavy atom. The summed E-state index contributed by atoms with van der Waals surface area (Å²) in [5.74, 6) is 1.55. The average molecular weight is 247 g/mol. The molecule has 1 fully saturated rings. The average Bonchev–Trinajstić information content (AvgIpc) is 3.08. The van der Waals surface area contributed by atoms with Crippen LogP contribution in [0.1, 0.15) is 19.8 Å². The SMILES string of the molecule is CCOC(=O)C(N)(CSCCOC)C1CC1. The largest absolute Gasteiger partial charge is 0.465 e. The summed E-state index contributed by atoms with van der Waals surface area (Å²) in [6.07, 6.45) is 2.08. The molecular formula is C11H21NO3S. The quantitative estimate of drug-likeness (QED) is 0.513. The Balaban J connectivity index is 2.41. The molecule has 1 aliphatic rings. The molecule has 0 amide bonds. The Morgan fingerprint density at radius 3 is 2.75 bits per heavy atom. The van der Waals surface area contributed by atoms with Crippen molar-refractivity contribution in [2.24, 2.45) is 11.7 Å². The van der Waals surface area contributed by atoms with E-state index in [0.29, 0.717) is 24.9 Å². The number of rotatable bonds is 8. The van der Waals surface area contributed by atoms with E-state index in [-0.39, 0.29) is 5.97 Å². The van der Waals surface area contributed by atoms with Gasteiger partial charge in [0.1, 0.15) is 5.54 Å². The highest BCUT2D eigenvalue weighted by atomic mass is 32.2. The summed E-state index contributed by atoms with van der Waals surface area (Å²) < 4.78 is 10.0. The second kappa shape index (κ2) is 6.47. The maximum Gasteiger partial charge on any atom is 0.327 e. The molecule has 0 bridgehead atoms. The molecule has 2 N–H and O–H groups in total. The van der Waals surface area contributed by atoms with Gasteiger partial charge in [0.15, 0.2) is 0 Å². The summed E-state index contributed by atoms with van der Waals surface area (Å²) >= 11 is 1.66. The molecule has 1 saturated carbocycles. The molecule has 94 valence electrons. The van der Waals surface area contributed by atoms with Crippen molar-refractivity contribution >= 4 is 17.7 Å². The lowest BCUT2D eigenvalue weighted by molar-refractivity contribution is -0.149. The van der Waals surface area contributed by atoms with Crippen molar-refractivity contribution in [3.8, 4) is 0 Å². The third-order valence-corrected chi connectivity index (χ3v) is 3.87. The van der Waals surface area contributed by atoms with Crippen molar-refractivity contribution in [3.05, 3.63) is 0 Å². The highest BCUT2D eigenvalue weighted by Gasteiger charge is 2.48. The van der Waals surface area contributed by atoms with Crippen molar-refractivity contribution in [2.45, 2.75) is 25.3 Å². The van der Waals surface area contributed by atoms with Gasteiger partial charge in [-0.2, -0.15) is 11.8 Å². The Hall–Kier alpha value is -0.260. The Kier molecular flexibility index (Phi) is 5.58. The van der Waals surface area contributed by atoms with Gasteiger partial charge in [-0.3, -0.25) is 4.79 Å². The number of ether oxygens (including phenoxy) is 2. The van der Waals surface area contributed by atoms with E-state index >= 15 is 0 Å². The van der Waals surface area contributed by atoms with E-state index in [4.69, 9.17) is 15.2 Å². The van der Waals surface area contributed by atoms with Crippen LogP contribution in [0.25, 0.3) is 0 Å². The maximum absolute atomic E-state index is 11.8. The fourth-order valence-corrected chi connectivity index (χ4v) is 2.71. The van der Waals surface area contributed by atoms with Crippen LogP contribution in [0, 0.1) is 5.92 Å². The van der Waals surface area contributed by atoms with Crippen LogP contribution in [-0.4, -0.2) is 43.3 Å². The number of carbonyl (C=O) groups excluding carboxylic acids is 1. The van der Waals surface area contributed by atoms with Crippen molar-refractivity contribution < 1.29 is 14.3 Å². The molecule has 1 atom stereocenters. The second-order valence-corrected chi connectivity index (χ2v) is 5.19. The van der Waals surface area contributed by atoms with E-state index < -0.39 is 5.54 Å². The minimum absolute atomic E-state index is 0.248. The number of methoxy groups -OCH3 is 1. The molecule has 4 nitrogen and oxygen atoms in total. The molecule has 0 spiro atoms. The molecule has 16 heavy (non-hydrogen) atoms. The van der Waals surface area contributed by atoms with Gasteiger partial charge in [-0.1, -0.05) is 0 Å². The van der Waals surface area contributed by atoms with Gasteiger partial charge in [0, 0.05) is 18.6 Å². The van der Waals surface area contributed by atoms with E-state index in [9.17, 15) is 4.79 Å². The minimum Gasteiger partial charge on any atom is -0.465 e. The Morgan fingerprint density at radius 2 is 2.25 bits per heavy atom. The summed E-state index contributed by atoms with van der Waals surface area (Å²) in [6.45, 7) is 2.89. The third kappa shape index (κ3) is 3.64.